The molecule has 0 atom stereocenters. The molecule has 3 aromatic rings. The van der Waals surface area contributed by atoms with Gasteiger partial charge in [0, 0.05) is 16.6 Å². The highest BCUT2D eigenvalue weighted by Gasteiger charge is 2.32. The zero-order valence-corrected chi connectivity index (χ0v) is 15.4. The number of H-pyrrole nitrogens is 1. The number of aromatic nitrogens is 1. The molecule has 1 aliphatic heterocycles. The van der Waals surface area contributed by atoms with E-state index in [0.29, 0.717) is 0 Å². The van der Waals surface area contributed by atoms with Crippen molar-refractivity contribution in [1.29, 1.82) is 0 Å². The van der Waals surface area contributed by atoms with E-state index >= 15 is 0 Å². The standard InChI is InChI=1S/C21H21NS2/c1-16-18-10-5-6-11-20(18)22-19(16)12-13-21(23-14-7-15-24-21)17-8-3-2-4-9-17/h2-6,8-13,22H,7,14-15H2,1H3/b13-12+. The molecule has 1 fully saturated rings. The lowest BCUT2D eigenvalue weighted by atomic mass is 10.1. The van der Waals surface area contributed by atoms with Gasteiger partial charge in [-0.05, 0) is 48.1 Å². The molecule has 0 radical (unpaired) electrons. The molecular formula is C21H21NS2. The van der Waals surface area contributed by atoms with Gasteiger partial charge in [0.25, 0.3) is 0 Å². The van der Waals surface area contributed by atoms with Crippen LogP contribution in [0.1, 0.15) is 23.2 Å². The summed E-state index contributed by atoms with van der Waals surface area (Å²) in [5.41, 5.74) is 5.16. The molecular weight excluding hydrogens is 330 g/mol. The number of hydrogen-bond acceptors (Lipinski definition) is 2. The van der Waals surface area contributed by atoms with E-state index < -0.39 is 0 Å². The van der Waals surface area contributed by atoms with E-state index in [9.17, 15) is 0 Å². The molecule has 0 aliphatic carbocycles. The van der Waals surface area contributed by atoms with Crippen molar-refractivity contribution in [1.82, 2.24) is 4.98 Å². The first kappa shape index (κ1) is 15.9. The van der Waals surface area contributed by atoms with Crippen molar-refractivity contribution in [2.45, 2.75) is 17.4 Å². The van der Waals surface area contributed by atoms with Crippen LogP contribution in [0, 0.1) is 6.92 Å². The SMILES string of the molecule is Cc1c(/C=C/C2(c3ccccc3)SCCCS2)[nH]c2ccccc12. The van der Waals surface area contributed by atoms with Crippen LogP contribution in [0.5, 0.6) is 0 Å². The molecule has 2 aromatic carbocycles. The minimum atomic E-state index is 0.0310. The lowest BCUT2D eigenvalue weighted by molar-refractivity contribution is 1.04. The zero-order chi connectivity index (χ0) is 16.4. The van der Waals surface area contributed by atoms with E-state index in [1.165, 1.54) is 45.7 Å². The van der Waals surface area contributed by atoms with Gasteiger partial charge in [0.15, 0.2) is 0 Å². The molecule has 122 valence electrons. The van der Waals surface area contributed by atoms with E-state index in [2.05, 4.69) is 102 Å². The van der Waals surface area contributed by atoms with Crippen molar-refractivity contribution in [3.05, 3.63) is 77.5 Å². The normalized spacial score (nSPS) is 17.5. The summed E-state index contributed by atoms with van der Waals surface area (Å²) < 4.78 is 0.0310. The predicted molar refractivity (Wildman–Crippen MR) is 110 cm³/mol. The summed E-state index contributed by atoms with van der Waals surface area (Å²) in [6.45, 7) is 2.20. The number of aromatic amines is 1. The average molecular weight is 352 g/mol. The number of thioether (sulfide) groups is 2. The van der Waals surface area contributed by atoms with Crippen LogP contribution >= 0.6 is 23.5 Å². The van der Waals surface area contributed by atoms with Crippen molar-refractivity contribution in [2.75, 3.05) is 11.5 Å². The highest BCUT2D eigenvalue weighted by molar-refractivity contribution is 8.18. The van der Waals surface area contributed by atoms with E-state index in [4.69, 9.17) is 0 Å². The molecule has 4 rings (SSSR count). The van der Waals surface area contributed by atoms with Crippen molar-refractivity contribution in [3.63, 3.8) is 0 Å². The third kappa shape index (κ3) is 2.91. The van der Waals surface area contributed by atoms with Crippen LogP contribution in [0.3, 0.4) is 0 Å². The number of fused-ring (bicyclic) bond motifs is 1. The Morgan fingerprint density at radius 1 is 0.958 bits per heavy atom. The van der Waals surface area contributed by atoms with Gasteiger partial charge in [-0.1, -0.05) is 54.6 Å². The fourth-order valence-corrected chi connectivity index (χ4v) is 6.37. The van der Waals surface area contributed by atoms with E-state index in [0.717, 1.165) is 0 Å². The number of nitrogens with one attached hydrogen (secondary N) is 1. The third-order valence-corrected chi connectivity index (χ3v) is 7.87. The van der Waals surface area contributed by atoms with Gasteiger partial charge >= 0.3 is 0 Å². The Hall–Kier alpha value is -1.58. The van der Waals surface area contributed by atoms with Crippen LogP contribution in [-0.2, 0) is 4.08 Å². The molecule has 24 heavy (non-hydrogen) atoms. The Kier molecular flexibility index (Phi) is 4.47. The number of hydrogen-bond donors (Lipinski definition) is 1. The van der Waals surface area contributed by atoms with Gasteiger partial charge < -0.3 is 4.98 Å². The highest BCUT2D eigenvalue weighted by Crippen LogP contribution is 2.51. The fraction of sp³-hybridized carbons (Fsp3) is 0.238. The van der Waals surface area contributed by atoms with E-state index in [-0.39, 0.29) is 4.08 Å². The quantitative estimate of drug-likeness (QED) is 0.603. The summed E-state index contributed by atoms with van der Waals surface area (Å²) >= 11 is 4.12. The maximum absolute atomic E-state index is 3.57. The molecule has 1 N–H and O–H groups in total. The van der Waals surface area contributed by atoms with E-state index in [1.807, 2.05) is 0 Å². The second kappa shape index (κ2) is 6.73. The van der Waals surface area contributed by atoms with E-state index in [1.54, 1.807) is 0 Å². The van der Waals surface area contributed by atoms with Gasteiger partial charge in [0.05, 0.1) is 0 Å². The van der Waals surface area contributed by atoms with Crippen LogP contribution in [0.25, 0.3) is 17.0 Å². The largest absolute Gasteiger partial charge is 0.355 e. The van der Waals surface area contributed by atoms with Gasteiger partial charge in [-0.3, -0.25) is 0 Å². The molecule has 1 saturated heterocycles. The Balaban J connectivity index is 1.74. The first-order valence-corrected chi connectivity index (χ1v) is 10.4. The summed E-state index contributed by atoms with van der Waals surface area (Å²) in [6, 6.07) is 19.4. The minimum Gasteiger partial charge on any atom is -0.355 e. The Morgan fingerprint density at radius 3 is 2.42 bits per heavy atom. The number of aryl methyl sites for hydroxylation is 1. The Labute approximate surface area is 151 Å². The first-order valence-electron chi connectivity index (χ1n) is 8.38. The molecule has 1 aromatic heterocycles. The first-order chi connectivity index (χ1) is 11.8. The highest BCUT2D eigenvalue weighted by atomic mass is 32.2. The van der Waals surface area contributed by atoms with Crippen molar-refractivity contribution in [2.24, 2.45) is 0 Å². The average Bonchev–Trinajstić information content (AvgIpc) is 2.98. The van der Waals surface area contributed by atoms with Crippen molar-refractivity contribution in [3.8, 4) is 0 Å². The lowest BCUT2D eigenvalue weighted by Gasteiger charge is -2.34. The lowest BCUT2D eigenvalue weighted by Crippen LogP contribution is -2.20. The summed E-state index contributed by atoms with van der Waals surface area (Å²) in [4.78, 5) is 3.57. The fourth-order valence-electron chi connectivity index (χ4n) is 3.24. The zero-order valence-electron chi connectivity index (χ0n) is 13.8. The second-order valence-electron chi connectivity index (χ2n) is 6.13. The van der Waals surface area contributed by atoms with Crippen molar-refractivity contribution >= 4 is 40.5 Å². The minimum absolute atomic E-state index is 0.0310. The Morgan fingerprint density at radius 2 is 1.67 bits per heavy atom. The van der Waals surface area contributed by atoms with Crippen molar-refractivity contribution < 1.29 is 0 Å². The van der Waals surface area contributed by atoms with Gasteiger partial charge in [0.1, 0.15) is 4.08 Å². The van der Waals surface area contributed by atoms with Crippen LogP contribution in [-0.4, -0.2) is 16.5 Å². The molecule has 0 spiro atoms. The molecule has 2 heterocycles. The van der Waals surface area contributed by atoms with Crippen LogP contribution in [0.15, 0.2) is 60.7 Å². The maximum atomic E-state index is 3.57. The number of benzene rings is 2. The molecule has 1 nitrogen and oxygen atoms in total. The van der Waals surface area contributed by atoms with Crippen LogP contribution in [0.4, 0.5) is 0 Å². The van der Waals surface area contributed by atoms with Gasteiger partial charge in [-0.2, -0.15) is 0 Å². The predicted octanol–water partition coefficient (Wildman–Crippen LogP) is 6.21. The summed E-state index contributed by atoms with van der Waals surface area (Å²) in [6.07, 6.45) is 5.98. The molecule has 0 saturated carbocycles. The summed E-state index contributed by atoms with van der Waals surface area (Å²) in [7, 11) is 0. The van der Waals surface area contributed by atoms with Crippen LogP contribution in [0.2, 0.25) is 0 Å². The third-order valence-electron chi connectivity index (χ3n) is 4.57. The van der Waals surface area contributed by atoms with Gasteiger partial charge in [-0.15, -0.1) is 23.5 Å². The number of para-hydroxylation sites is 1. The monoisotopic (exact) mass is 351 g/mol. The molecule has 3 heteroatoms. The van der Waals surface area contributed by atoms with Gasteiger partial charge in [-0.25, -0.2) is 0 Å². The summed E-state index contributed by atoms with van der Waals surface area (Å²) in [5.74, 6) is 2.44. The molecule has 0 amide bonds. The molecule has 0 unspecified atom stereocenters. The smallest absolute Gasteiger partial charge is 0.105 e. The summed E-state index contributed by atoms with van der Waals surface area (Å²) in [5, 5.41) is 1.31. The Bertz CT molecular complexity index is 858. The maximum Gasteiger partial charge on any atom is 0.105 e. The molecule has 0 bridgehead atoms. The second-order valence-corrected chi connectivity index (χ2v) is 9.07. The number of rotatable bonds is 3. The van der Waals surface area contributed by atoms with Gasteiger partial charge in [0.2, 0.25) is 0 Å². The molecule has 1 aliphatic rings. The van der Waals surface area contributed by atoms with Crippen LogP contribution < -0.4 is 0 Å². The topological polar surface area (TPSA) is 15.8 Å².